The van der Waals surface area contributed by atoms with Gasteiger partial charge in [-0.15, -0.1) is 0 Å². The fraction of sp³-hybridized carbons (Fsp3) is 0.500. The van der Waals surface area contributed by atoms with Gasteiger partial charge >= 0.3 is 0 Å². The molecule has 0 spiro atoms. The average Bonchev–Trinajstić information content (AvgIpc) is 3.21. The molecule has 0 bridgehead atoms. The van der Waals surface area contributed by atoms with Crippen LogP contribution in [0.5, 0.6) is 0 Å². The largest absolute Gasteiger partial charge is 0.335 e. The minimum absolute atomic E-state index is 0.169. The van der Waals surface area contributed by atoms with Crippen molar-refractivity contribution in [1.82, 2.24) is 15.1 Å². The van der Waals surface area contributed by atoms with Crippen molar-refractivity contribution in [3.05, 3.63) is 52.3 Å². The Morgan fingerprint density at radius 2 is 2.15 bits per heavy atom. The number of hydrogen-bond donors (Lipinski definition) is 1. The maximum atomic E-state index is 13.1. The van der Waals surface area contributed by atoms with Gasteiger partial charge in [0.05, 0.1) is 23.9 Å². The third kappa shape index (κ3) is 3.37. The number of nitrogens with zero attached hydrogens (tertiary/aromatic N) is 2. The van der Waals surface area contributed by atoms with E-state index in [-0.39, 0.29) is 17.6 Å². The van der Waals surface area contributed by atoms with Crippen LogP contribution in [0.25, 0.3) is 0 Å². The maximum absolute atomic E-state index is 13.1. The van der Waals surface area contributed by atoms with Crippen molar-refractivity contribution in [2.45, 2.75) is 57.4 Å². The van der Waals surface area contributed by atoms with Gasteiger partial charge in [-0.2, -0.15) is 5.10 Å². The van der Waals surface area contributed by atoms with E-state index in [2.05, 4.69) is 35.3 Å². The van der Waals surface area contributed by atoms with Gasteiger partial charge in [0.25, 0.3) is 5.91 Å². The molecule has 1 amide bonds. The lowest BCUT2D eigenvalue weighted by molar-refractivity contribution is 0.0729. The summed E-state index contributed by atoms with van der Waals surface area (Å²) in [5.41, 5.74) is 4.49. The second-order valence-electron chi connectivity index (χ2n) is 7.48. The number of halogens is 2. The number of rotatable bonds is 6. The van der Waals surface area contributed by atoms with Gasteiger partial charge in [-0.05, 0) is 43.7 Å². The molecule has 1 N–H and O–H groups in total. The number of alkyl halides is 2. The minimum Gasteiger partial charge on any atom is -0.335 e. The molecule has 4 nitrogen and oxygen atoms in total. The molecule has 6 heteroatoms. The van der Waals surface area contributed by atoms with Gasteiger partial charge in [0.2, 0.25) is 6.43 Å². The first kappa shape index (κ1) is 17.2. The molecular formula is C20H23F2N3O. The van der Waals surface area contributed by atoms with Crippen molar-refractivity contribution >= 4 is 5.91 Å². The molecule has 0 radical (unpaired) electrons. The lowest BCUT2D eigenvalue weighted by Gasteiger charge is -2.26. The SMILES string of the molecule is Cc1ccc2c(c1)CCC2CN(C(=O)c1cn[nH]c1CC(F)F)C1CC1. The predicted molar refractivity (Wildman–Crippen MR) is 94.6 cm³/mol. The number of aromatic amines is 1. The summed E-state index contributed by atoms with van der Waals surface area (Å²) < 4.78 is 25.5. The summed E-state index contributed by atoms with van der Waals surface area (Å²) in [5, 5.41) is 6.40. The highest BCUT2D eigenvalue weighted by Gasteiger charge is 2.37. The Morgan fingerprint density at radius 1 is 1.35 bits per heavy atom. The fourth-order valence-corrected chi connectivity index (χ4v) is 4.01. The zero-order valence-electron chi connectivity index (χ0n) is 14.8. The van der Waals surface area contributed by atoms with Crippen LogP contribution in [0.2, 0.25) is 0 Å². The summed E-state index contributed by atoms with van der Waals surface area (Å²) in [4.78, 5) is 15.0. The Kier molecular flexibility index (Phi) is 4.51. The van der Waals surface area contributed by atoms with E-state index < -0.39 is 12.8 Å². The Balaban J connectivity index is 1.55. The molecule has 1 fully saturated rings. The molecule has 1 atom stereocenters. The van der Waals surface area contributed by atoms with Crippen molar-refractivity contribution in [2.75, 3.05) is 6.54 Å². The molecule has 4 rings (SSSR count). The molecule has 2 aromatic rings. The van der Waals surface area contributed by atoms with Gasteiger partial charge in [-0.25, -0.2) is 8.78 Å². The molecule has 0 aliphatic heterocycles. The number of H-pyrrole nitrogens is 1. The highest BCUT2D eigenvalue weighted by Crippen LogP contribution is 2.37. The highest BCUT2D eigenvalue weighted by molar-refractivity contribution is 5.95. The smallest absolute Gasteiger partial charge is 0.257 e. The lowest BCUT2D eigenvalue weighted by atomic mass is 9.99. The quantitative estimate of drug-likeness (QED) is 0.851. The van der Waals surface area contributed by atoms with Gasteiger partial charge in [-0.3, -0.25) is 9.89 Å². The van der Waals surface area contributed by atoms with Crippen molar-refractivity contribution in [3.63, 3.8) is 0 Å². The van der Waals surface area contributed by atoms with Gasteiger partial charge in [-0.1, -0.05) is 23.8 Å². The molecule has 2 aliphatic carbocycles. The van der Waals surface area contributed by atoms with Crippen LogP contribution in [0.1, 0.15) is 57.9 Å². The maximum Gasteiger partial charge on any atom is 0.257 e. The van der Waals surface area contributed by atoms with Crippen LogP contribution in [-0.4, -0.2) is 40.0 Å². The van der Waals surface area contributed by atoms with Crippen LogP contribution < -0.4 is 0 Å². The van der Waals surface area contributed by atoms with E-state index in [9.17, 15) is 13.6 Å². The van der Waals surface area contributed by atoms with Crippen LogP contribution >= 0.6 is 0 Å². The molecule has 1 aromatic carbocycles. The van der Waals surface area contributed by atoms with Crippen LogP contribution in [0.15, 0.2) is 24.4 Å². The van der Waals surface area contributed by atoms with Gasteiger partial charge < -0.3 is 4.90 Å². The van der Waals surface area contributed by atoms with Crippen molar-refractivity contribution < 1.29 is 13.6 Å². The van der Waals surface area contributed by atoms with Gasteiger partial charge in [0.1, 0.15) is 0 Å². The number of nitrogens with one attached hydrogen (secondary N) is 1. The number of benzene rings is 1. The summed E-state index contributed by atoms with van der Waals surface area (Å²) in [5.74, 6) is 0.151. The zero-order valence-corrected chi connectivity index (χ0v) is 14.8. The van der Waals surface area contributed by atoms with Crippen molar-refractivity contribution in [2.24, 2.45) is 0 Å². The number of amides is 1. The van der Waals surface area contributed by atoms with Crippen LogP contribution in [-0.2, 0) is 12.8 Å². The normalized spacial score (nSPS) is 19.0. The Hall–Kier alpha value is -2.24. The monoisotopic (exact) mass is 359 g/mol. The third-order valence-electron chi connectivity index (χ3n) is 5.47. The highest BCUT2D eigenvalue weighted by atomic mass is 19.3. The summed E-state index contributed by atoms with van der Waals surface area (Å²) in [6.07, 6.45) is 2.47. The molecule has 1 heterocycles. The standard InChI is InChI=1S/C20H23F2N3O/c1-12-2-7-16-13(8-12)3-4-14(16)11-25(15-5-6-15)20(26)17-10-23-24-18(17)9-19(21)22/h2,7-8,10,14-15,19H,3-6,9,11H2,1H3,(H,23,24). The predicted octanol–water partition coefficient (Wildman–Crippen LogP) is 3.86. The topological polar surface area (TPSA) is 49.0 Å². The summed E-state index contributed by atoms with van der Waals surface area (Å²) >= 11 is 0. The van der Waals surface area contributed by atoms with E-state index in [1.54, 1.807) is 0 Å². The first-order valence-electron chi connectivity index (χ1n) is 9.23. The number of aromatic nitrogens is 2. The molecule has 2 aliphatic rings. The van der Waals surface area contributed by atoms with E-state index in [4.69, 9.17) is 0 Å². The number of carbonyl (C=O) groups is 1. The van der Waals surface area contributed by atoms with Gasteiger partial charge in [0, 0.05) is 18.5 Å². The number of fused-ring (bicyclic) bond motifs is 1. The van der Waals surface area contributed by atoms with E-state index in [0.717, 1.165) is 25.7 Å². The Bertz CT molecular complexity index is 813. The van der Waals surface area contributed by atoms with E-state index >= 15 is 0 Å². The molecular weight excluding hydrogens is 336 g/mol. The molecule has 1 aromatic heterocycles. The van der Waals surface area contributed by atoms with Crippen LogP contribution in [0, 0.1) is 6.92 Å². The van der Waals surface area contributed by atoms with E-state index in [0.29, 0.717) is 18.0 Å². The number of carbonyl (C=O) groups excluding carboxylic acids is 1. The zero-order chi connectivity index (χ0) is 18.3. The Morgan fingerprint density at radius 3 is 2.88 bits per heavy atom. The first-order valence-corrected chi connectivity index (χ1v) is 9.23. The molecule has 1 unspecified atom stereocenters. The third-order valence-corrected chi connectivity index (χ3v) is 5.47. The van der Waals surface area contributed by atoms with Crippen molar-refractivity contribution in [1.29, 1.82) is 0 Å². The lowest BCUT2D eigenvalue weighted by Crippen LogP contribution is -2.36. The van der Waals surface area contributed by atoms with E-state index in [1.165, 1.54) is 22.9 Å². The van der Waals surface area contributed by atoms with Crippen molar-refractivity contribution in [3.8, 4) is 0 Å². The molecule has 1 saturated carbocycles. The van der Waals surface area contributed by atoms with Crippen LogP contribution in [0.3, 0.4) is 0 Å². The minimum atomic E-state index is -2.50. The Labute approximate surface area is 151 Å². The first-order chi connectivity index (χ1) is 12.5. The van der Waals surface area contributed by atoms with Crippen LogP contribution in [0.4, 0.5) is 8.78 Å². The van der Waals surface area contributed by atoms with E-state index in [1.807, 2.05) is 4.90 Å². The average molecular weight is 359 g/mol. The summed E-state index contributed by atoms with van der Waals surface area (Å²) in [6, 6.07) is 6.76. The number of aryl methyl sites for hydroxylation is 2. The fourth-order valence-electron chi connectivity index (χ4n) is 4.01. The molecule has 26 heavy (non-hydrogen) atoms. The second kappa shape index (κ2) is 6.82. The molecule has 0 saturated heterocycles. The number of hydrogen-bond acceptors (Lipinski definition) is 2. The van der Waals surface area contributed by atoms with Gasteiger partial charge in [0.15, 0.2) is 0 Å². The molecule has 138 valence electrons. The second-order valence-corrected chi connectivity index (χ2v) is 7.48. The summed E-state index contributed by atoms with van der Waals surface area (Å²) in [6.45, 7) is 2.75. The summed E-state index contributed by atoms with van der Waals surface area (Å²) in [7, 11) is 0.